The summed E-state index contributed by atoms with van der Waals surface area (Å²) < 4.78 is 0. The van der Waals surface area contributed by atoms with E-state index in [2.05, 4.69) is 0 Å². The summed E-state index contributed by atoms with van der Waals surface area (Å²) in [5.41, 5.74) is 1.06. The first-order valence-corrected chi connectivity index (χ1v) is 6.10. The van der Waals surface area contributed by atoms with Crippen LogP contribution in [0.2, 0.25) is 0 Å². The topological polar surface area (TPSA) is 63.4 Å². The fourth-order valence-electron chi connectivity index (χ4n) is 1.51. The molecular weight excluding hydrogens is 250 g/mol. The number of benzene rings is 2. The van der Waals surface area contributed by atoms with Crippen LogP contribution in [0.3, 0.4) is 0 Å². The van der Waals surface area contributed by atoms with Gasteiger partial charge in [-0.1, -0.05) is 11.8 Å². The molecule has 5 heteroatoms. The third kappa shape index (κ3) is 2.81. The summed E-state index contributed by atoms with van der Waals surface area (Å²) in [6.45, 7) is 1.91. The fourth-order valence-corrected chi connectivity index (χ4v) is 2.39. The molecule has 1 N–H and O–H groups in total. The molecule has 4 nitrogen and oxygen atoms in total. The van der Waals surface area contributed by atoms with E-state index in [0.29, 0.717) is 0 Å². The number of rotatable bonds is 3. The highest BCUT2D eigenvalue weighted by Gasteiger charge is 2.06. The van der Waals surface area contributed by atoms with Crippen LogP contribution in [-0.4, -0.2) is 10.0 Å². The lowest BCUT2D eigenvalue weighted by molar-refractivity contribution is -0.384. The Morgan fingerprint density at radius 2 is 1.83 bits per heavy atom. The van der Waals surface area contributed by atoms with Crippen LogP contribution >= 0.6 is 11.8 Å². The highest BCUT2D eigenvalue weighted by Crippen LogP contribution is 2.32. The minimum absolute atomic E-state index is 0.0850. The van der Waals surface area contributed by atoms with Crippen LogP contribution in [0.25, 0.3) is 0 Å². The molecule has 0 aliphatic carbocycles. The van der Waals surface area contributed by atoms with E-state index >= 15 is 0 Å². The van der Waals surface area contributed by atoms with Crippen molar-refractivity contribution in [3.8, 4) is 5.75 Å². The van der Waals surface area contributed by atoms with Gasteiger partial charge in [0, 0.05) is 21.9 Å². The molecule has 0 heterocycles. The van der Waals surface area contributed by atoms with Gasteiger partial charge in [-0.15, -0.1) is 0 Å². The van der Waals surface area contributed by atoms with Gasteiger partial charge in [0.2, 0.25) is 0 Å². The number of non-ortho nitro benzene ring substituents is 1. The Balaban J connectivity index is 2.21. The Bertz CT molecular complexity index is 581. The van der Waals surface area contributed by atoms with Gasteiger partial charge in [0.1, 0.15) is 5.75 Å². The van der Waals surface area contributed by atoms with Crippen LogP contribution in [-0.2, 0) is 0 Å². The van der Waals surface area contributed by atoms with Crippen molar-refractivity contribution >= 4 is 17.4 Å². The van der Waals surface area contributed by atoms with Gasteiger partial charge in [0.05, 0.1) is 4.92 Å². The van der Waals surface area contributed by atoms with Gasteiger partial charge in [-0.05, 0) is 42.8 Å². The molecule has 0 atom stereocenters. The van der Waals surface area contributed by atoms with Crippen molar-refractivity contribution in [2.45, 2.75) is 16.7 Å². The van der Waals surface area contributed by atoms with Crippen molar-refractivity contribution < 1.29 is 10.0 Å². The van der Waals surface area contributed by atoms with Crippen molar-refractivity contribution in [2.24, 2.45) is 0 Å². The van der Waals surface area contributed by atoms with E-state index in [1.165, 1.54) is 23.9 Å². The van der Waals surface area contributed by atoms with Crippen LogP contribution < -0.4 is 0 Å². The molecule has 2 rings (SSSR count). The minimum atomic E-state index is -0.416. The van der Waals surface area contributed by atoms with Gasteiger partial charge in [-0.3, -0.25) is 10.1 Å². The average Bonchev–Trinajstić information content (AvgIpc) is 2.33. The lowest BCUT2D eigenvalue weighted by Gasteiger charge is -2.05. The van der Waals surface area contributed by atoms with E-state index < -0.39 is 4.92 Å². The van der Waals surface area contributed by atoms with E-state index in [1.807, 2.05) is 13.0 Å². The number of phenols is 1. The van der Waals surface area contributed by atoms with Gasteiger partial charge >= 0.3 is 0 Å². The molecule has 0 bridgehead atoms. The van der Waals surface area contributed by atoms with Crippen molar-refractivity contribution in [2.75, 3.05) is 0 Å². The number of aromatic hydroxyl groups is 1. The van der Waals surface area contributed by atoms with Gasteiger partial charge in [-0.2, -0.15) is 0 Å². The van der Waals surface area contributed by atoms with Gasteiger partial charge in [0.15, 0.2) is 0 Å². The second kappa shape index (κ2) is 5.10. The predicted molar refractivity (Wildman–Crippen MR) is 70.1 cm³/mol. The normalized spacial score (nSPS) is 10.3. The second-order valence-corrected chi connectivity index (χ2v) is 4.92. The molecular formula is C13H11NO3S. The summed E-state index contributed by atoms with van der Waals surface area (Å²) in [6, 6.07) is 11.5. The number of nitro groups is 1. The molecule has 2 aromatic rings. The SMILES string of the molecule is Cc1cc(O)ccc1Sc1ccc([N+](=O)[O-])cc1. The summed E-state index contributed by atoms with van der Waals surface area (Å²) in [6.07, 6.45) is 0. The zero-order chi connectivity index (χ0) is 13.1. The molecule has 0 radical (unpaired) electrons. The van der Waals surface area contributed by atoms with Crippen LogP contribution in [0.4, 0.5) is 5.69 Å². The molecule has 18 heavy (non-hydrogen) atoms. The maximum Gasteiger partial charge on any atom is 0.269 e. The molecule has 0 amide bonds. The number of nitro benzene ring substituents is 1. The van der Waals surface area contributed by atoms with E-state index in [1.54, 1.807) is 24.3 Å². The lowest BCUT2D eigenvalue weighted by atomic mass is 10.2. The summed E-state index contributed by atoms with van der Waals surface area (Å²) in [5, 5.41) is 19.8. The molecule has 0 unspecified atom stereocenters. The number of nitrogens with zero attached hydrogens (tertiary/aromatic N) is 1. The van der Waals surface area contributed by atoms with Crippen molar-refractivity contribution in [3.63, 3.8) is 0 Å². The Morgan fingerprint density at radius 1 is 1.17 bits per heavy atom. The van der Waals surface area contributed by atoms with Crippen LogP contribution in [0, 0.1) is 17.0 Å². The molecule has 2 aromatic carbocycles. The van der Waals surface area contributed by atoms with Crippen LogP contribution in [0.5, 0.6) is 5.75 Å². The van der Waals surface area contributed by atoms with E-state index in [-0.39, 0.29) is 11.4 Å². The van der Waals surface area contributed by atoms with Gasteiger partial charge in [0.25, 0.3) is 5.69 Å². The van der Waals surface area contributed by atoms with Crippen LogP contribution in [0.1, 0.15) is 5.56 Å². The molecule has 0 fully saturated rings. The molecule has 0 spiro atoms. The maximum atomic E-state index is 10.5. The quantitative estimate of drug-likeness (QED) is 0.675. The minimum Gasteiger partial charge on any atom is -0.508 e. The second-order valence-electron chi connectivity index (χ2n) is 3.80. The smallest absolute Gasteiger partial charge is 0.269 e. The maximum absolute atomic E-state index is 10.5. The lowest BCUT2D eigenvalue weighted by Crippen LogP contribution is -1.86. The van der Waals surface area contributed by atoms with Gasteiger partial charge < -0.3 is 5.11 Å². The summed E-state index contributed by atoms with van der Waals surface area (Å²) >= 11 is 1.51. The number of hydrogen-bond donors (Lipinski definition) is 1. The number of aryl methyl sites for hydroxylation is 1. The highest BCUT2D eigenvalue weighted by molar-refractivity contribution is 7.99. The third-order valence-electron chi connectivity index (χ3n) is 2.43. The van der Waals surface area contributed by atoms with Gasteiger partial charge in [-0.25, -0.2) is 0 Å². The first kappa shape index (κ1) is 12.4. The van der Waals surface area contributed by atoms with E-state index in [4.69, 9.17) is 0 Å². The molecule has 0 aromatic heterocycles. The van der Waals surface area contributed by atoms with E-state index in [9.17, 15) is 15.2 Å². The Morgan fingerprint density at radius 3 is 2.39 bits per heavy atom. The van der Waals surface area contributed by atoms with Crippen LogP contribution in [0.15, 0.2) is 52.3 Å². The summed E-state index contributed by atoms with van der Waals surface area (Å²) in [4.78, 5) is 12.1. The molecule has 0 saturated heterocycles. The predicted octanol–water partition coefficient (Wildman–Crippen LogP) is 3.76. The number of hydrogen-bond acceptors (Lipinski definition) is 4. The summed E-state index contributed by atoms with van der Waals surface area (Å²) in [7, 11) is 0. The monoisotopic (exact) mass is 261 g/mol. The fraction of sp³-hybridized carbons (Fsp3) is 0.0769. The Labute approximate surface area is 108 Å². The molecule has 0 aliphatic heterocycles. The molecule has 0 saturated carbocycles. The molecule has 0 aliphatic rings. The number of phenolic OH excluding ortho intramolecular Hbond substituents is 1. The van der Waals surface area contributed by atoms with E-state index in [0.717, 1.165) is 15.4 Å². The van der Waals surface area contributed by atoms with Crippen molar-refractivity contribution in [1.29, 1.82) is 0 Å². The van der Waals surface area contributed by atoms with Crippen molar-refractivity contribution in [3.05, 3.63) is 58.1 Å². The largest absolute Gasteiger partial charge is 0.508 e. The first-order valence-electron chi connectivity index (χ1n) is 5.28. The third-order valence-corrected chi connectivity index (χ3v) is 3.62. The Hall–Kier alpha value is -2.01. The van der Waals surface area contributed by atoms with Crippen molar-refractivity contribution in [1.82, 2.24) is 0 Å². The zero-order valence-corrected chi connectivity index (χ0v) is 10.5. The standard InChI is InChI=1S/C13H11NO3S/c1-9-8-11(15)4-7-13(9)18-12-5-2-10(3-6-12)14(16)17/h2-8,15H,1H3. The Kier molecular flexibility index (Phi) is 3.53. The first-order chi connectivity index (χ1) is 8.56. The zero-order valence-electron chi connectivity index (χ0n) is 9.66. The highest BCUT2D eigenvalue weighted by atomic mass is 32.2. The molecule has 92 valence electrons. The summed E-state index contributed by atoms with van der Waals surface area (Å²) in [5.74, 6) is 0.237. The average molecular weight is 261 g/mol.